The van der Waals surface area contributed by atoms with Crippen molar-refractivity contribution in [3.8, 4) is 5.75 Å². The number of ether oxygens (including phenoxy) is 2. The molecule has 0 radical (unpaired) electrons. The summed E-state index contributed by atoms with van der Waals surface area (Å²) in [4.78, 5) is 15.5. The summed E-state index contributed by atoms with van der Waals surface area (Å²) in [5, 5.41) is 5.07. The zero-order chi connectivity index (χ0) is 17.1. The van der Waals surface area contributed by atoms with Crippen LogP contribution in [0.15, 0.2) is 41.8 Å². The number of thiophene rings is 1. The summed E-state index contributed by atoms with van der Waals surface area (Å²) in [5.74, 6) is 0.324. The minimum absolute atomic E-state index is 0.00242. The molecule has 1 spiro atoms. The van der Waals surface area contributed by atoms with Gasteiger partial charge in [0.05, 0.1) is 6.61 Å². The Bertz CT molecular complexity index is 724. The summed E-state index contributed by atoms with van der Waals surface area (Å²) >= 11 is 1.72. The third kappa shape index (κ3) is 3.65. The van der Waals surface area contributed by atoms with Gasteiger partial charge in [0.2, 0.25) is 5.79 Å². The monoisotopic (exact) mass is 358 g/mol. The van der Waals surface area contributed by atoms with Crippen LogP contribution in [0.4, 0.5) is 4.79 Å². The van der Waals surface area contributed by atoms with Gasteiger partial charge in [0.1, 0.15) is 5.75 Å². The fraction of sp³-hybridized carbons (Fsp3) is 0.421. The molecule has 2 aliphatic rings. The molecule has 25 heavy (non-hydrogen) atoms. The molecule has 0 saturated carbocycles. The van der Waals surface area contributed by atoms with Crippen molar-refractivity contribution < 1.29 is 14.3 Å². The van der Waals surface area contributed by atoms with Gasteiger partial charge < -0.3 is 19.7 Å². The minimum atomic E-state index is -0.581. The fourth-order valence-corrected chi connectivity index (χ4v) is 4.03. The van der Waals surface area contributed by atoms with E-state index in [1.165, 1.54) is 4.88 Å². The van der Waals surface area contributed by atoms with Crippen LogP contribution in [0.3, 0.4) is 0 Å². The second kappa shape index (κ2) is 7.06. The Morgan fingerprint density at radius 2 is 2.04 bits per heavy atom. The van der Waals surface area contributed by atoms with Gasteiger partial charge in [-0.3, -0.25) is 0 Å². The Labute approximate surface area is 151 Å². The van der Waals surface area contributed by atoms with Gasteiger partial charge >= 0.3 is 6.03 Å². The standard InChI is InChI=1S/C19H22N2O3S/c22-18(20-10-7-16-5-3-13-25-16)21-11-8-19(9-12-21)23-14-15-4-1-2-6-17(15)24-19/h1-6,13H,7-12,14H2,(H,20,22). The number of hydrogen-bond acceptors (Lipinski definition) is 4. The Morgan fingerprint density at radius 1 is 1.20 bits per heavy atom. The molecular formula is C19H22N2O3S. The van der Waals surface area contributed by atoms with Gasteiger partial charge in [-0.15, -0.1) is 11.3 Å². The predicted octanol–water partition coefficient (Wildman–Crippen LogP) is 3.40. The molecule has 1 N–H and O–H groups in total. The lowest BCUT2D eigenvalue weighted by atomic mass is 10.0. The minimum Gasteiger partial charge on any atom is -0.462 e. The maximum absolute atomic E-state index is 12.3. The van der Waals surface area contributed by atoms with Gasteiger partial charge in [-0.1, -0.05) is 24.3 Å². The molecule has 0 bridgehead atoms. The average molecular weight is 358 g/mol. The second-order valence-corrected chi connectivity index (χ2v) is 7.49. The van der Waals surface area contributed by atoms with Crippen LogP contribution in [0, 0.1) is 0 Å². The van der Waals surface area contributed by atoms with Crippen LogP contribution in [0.25, 0.3) is 0 Å². The summed E-state index contributed by atoms with van der Waals surface area (Å²) < 4.78 is 12.2. The van der Waals surface area contributed by atoms with Crippen LogP contribution in [0.5, 0.6) is 5.75 Å². The molecule has 1 aromatic heterocycles. The Hall–Kier alpha value is -2.05. The largest absolute Gasteiger partial charge is 0.462 e. The maximum atomic E-state index is 12.3. The first-order chi connectivity index (χ1) is 12.2. The number of urea groups is 1. The number of piperidine rings is 1. The average Bonchev–Trinajstić information content (AvgIpc) is 3.16. The normalized spacial score (nSPS) is 18.5. The van der Waals surface area contributed by atoms with E-state index in [1.807, 2.05) is 35.2 Å². The molecule has 4 rings (SSSR count). The molecule has 0 aliphatic carbocycles. The van der Waals surface area contributed by atoms with Gasteiger partial charge in [-0.25, -0.2) is 4.79 Å². The van der Waals surface area contributed by atoms with Crippen molar-refractivity contribution in [3.05, 3.63) is 52.2 Å². The third-order valence-corrected chi connectivity index (χ3v) is 5.74. The van der Waals surface area contributed by atoms with E-state index in [2.05, 4.69) is 16.8 Å². The molecule has 3 heterocycles. The number of carbonyl (C=O) groups is 1. The Kier molecular flexibility index (Phi) is 4.63. The first-order valence-corrected chi connectivity index (χ1v) is 9.58. The number of para-hydroxylation sites is 1. The van der Waals surface area contributed by atoms with Crippen LogP contribution in [-0.2, 0) is 17.8 Å². The number of carbonyl (C=O) groups excluding carboxylic acids is 1. The summed E-state index contributed by atoms with van der Waals surface area (Å²) in [6, 6.07) is 12.1. The van der Waals surface area contributed by atoms with E-state index in [0.717, 1.165) is 17.7 Å². The molecule has 0 atom stereocenters. The smallest absolute Gasteiger partial charge is 0.317 e. The highest BCUT2D eigenvalue weighted by molar-refractivity contribution is 7.09. The van der Waals surface area contributed by atoms with Gasteiger partial charge in [-0.05, 0) is 23.9 Å². The van der Waals surface area contributed by atoms with Crippen LogP contribution in [-0.4, -0.2) is 36.4 Å². The molecule has 2 aliphatic heterocycles. The molecular weight excluding hydrogens is 336 g/mol. The molecule has 1 fully saturated rings. The van der Waals surface area contributed by atoms with Crippen LogP contribution < -0.4 is 10.1 Å². The van der Waals surface area contributed by atoms with E-state index in [1.54, 1.807) is 11.3 Å². The topological polar surface area (TPSA) is 50.8 Å². The van der Waals surface area contributed by atoms with Crippen molar-refractivity contribution in [2.75, 3.05) is 19.6 Å². The fourth-order valence-electron chi connectivity index (χ4n) is 3.32. The maximum Gasteiger partial charge on any atom is 0.317 e. The molecule has 6 heteroatoms. The lowest BCUT2D eigenvalue weighted by Gasteiger charge is -2.43. The lowest BCUT2D eigenvalue weighted by Crippen LogP contribution is -2.54. The lowest BCUT2D eigenvalue weighted by molar-refractivity contribution is -0.225. The zero-order valence-electron chi connectivity index (χ0n) is 14.1. The van der Waals surface area contributed by atoms with Crippen molar-refractivity contribution in [1.29, 1.82) is 0 Å². The van der Waals surface area contributed by atoms with E-state index in [9.17, 15) is 4.79 Å². The van der Waals surface area contributed by atoms with E-state index in [-0.39, 0.29) is 6.03 Å². The number of hydrogen-bond donors (Lipinski definition) is 1. The van der Waals surface area contributed by atoms with E-state index in [0.29, 0.717) is 39.1 Å². The number of nitrogens with one attached hydrogen (secondary N) is 1. The molecule has 5 nitrogen and oxygen atoms in total. The van der Waals surface area contributed by atoms with Crippen LogP contribution in [0.1, 0.15) is 23.3 Å². The van der Waals surface area contributed by atoms with Crippen molar-refractivity contribution in [3.63, 3.8) is 0 Å². The number of rotatable bonds is 3. The van der Waals surface area contributed by atoms with Gasteiger partial charge in [-0.2, -0.15) is 0 Å². The quantitative estimate of drug-likeness (QED) is 0.915. The highest BCUT2D eigenvalue weighted by atomic mass is 32.1. The van der Waals surface area contributed by atoms with E-state index >= 15 is 0 Å². The molecule has 1 aromatic carbocycles. The predicted molar refractivity (Wildman–Crippen MR) is 96.8 cm³/mol. The van der Waals surface area contributed by atoms with Crippen LogP contribution >= 0.6 is 11.3 Å². The summed E-state index contributed by atoms with van der Waals surface area (Å²) in [5.41, 5.74) is 1.09. The Balaban J connectivity index is 1.27. The zero-order valence-corrected chi connectivity index (χ0v) is 14.9. The van der Waals surface area contributed by atoms with E-state index < -0.39 is 5.79 Å². The van der Waals surface area contributed by atoms with Gasteiger partial charge in [0.15, 0.2) is 0 Å². The summed E-state index contributed by atoms with van der Waals surface area (Å²) in [6.45, 7) is 2.53. The molecule has 132 valence electrons. The highest BCUT2D eigenvalue weighted by Crippen LogP contribution is 2.37. The first kappa shape index (κ1) is 16.4. The molecule has 2 amide bonds. The Morgan fingerprint density at radius 3 is 2.84 bits per heavy atom. The number of benzene rings is 1. The summed E-state index contributed by atoms with van der Waals surface area (Å²) in [6.07, 6.45) is 2.27. The highest BCUT2D eigenvalue weighted by Gasteiger charge is 2.41. The molecule has 0 unspecified atom stereocenters. The summed E-state index contributed by atoms with van der Waals surface area (Å²) in [7, 11) is 0. The second-order valence-electron chi connectivity index (χ2n) is 6.46. The van der Waals surface area contributed by atoms with Crippen molar-refractivity contribution in [1.82, 2.24) is 10.2 Å². The SMILES string of the molecule is O=C(NCCc1cccs1)N1CCC2(CC1)OCc1ccccc1O2. The number of nitrogens with zero attached hydrogens (tertiary/aromatic N) is 1. The van der Waals surface area contributed by atoms with Crippen LogP contribution in [0.2, 0.25) is 0 Å². The van der Waals surface area contributed by atoms with E-state index in [4.69, 9.17) is 9.47 Å². The number of likely N-dealkylation sites (tertiary alicyclic amines) is 1. The number of fused-ring (bicyclic) bond motifs is 1. The van der Waals surface area contributed by atoms with Crippen molar-refractivity contribution >= 4 is 17.4 Å². The van der Waals surface area contributed by atoms with Gasteiger partial charge in [0.25, 0.3) is 0 Å². The van der Waals surface area contributed by atoms with Crippen molar-refractivity contribution in [2.24, 2.45) is 0 Å². The molecule has 1 saturated heterocycles. The third-order valence-electron chi connectivity index (χ3n) is 4.80. The molecule has 2 aromatic rings. The number of amides is 2. The van der Waals surface area contributed by atoms with Gasteiger partial charge in [0, 0.05) is 42.9 Å². The van der Waals surface area contributed by atoms with Crippen molar-refractivity contribution in [2.45, 2.75) is 31.7 Å². The first-order valence-electron chi connectivity index (χ1n) is 8.70.